The zero-order chi connectivity index (χ0) is 17.9. The highest BCUT2D eigenvalue weighted by molar-refractivity contribution is 7.85. The SMILES string of the molecule is CC(C)(C)COS(=O)(=O)Cc1ccc(C(=O)OC(C)(C)C)cc1. The summed E-state index contributed by atoms with van der Waals surface area (Å²) in [5, 5.41) is 0. The van der Waals surface area contributed by atoms with Crippen LogP contribution in [0.1, 0.15) is 57.5 Å². The second-order valence-electron chi connectivity index (χ2n) is 7.72. The van der Waals surface area contributed by atoms with Gasteiger partial charge in [0.15, 0.2) is 0 Å². The average molecular weight is 342 g/mol. The molecule has 0 spiro atoms. The van der Waals surface area contributed by atoms with Crippen molar-refractivity contribution in [2.24, 2.45) is 5.41 Å². The number of benzene rings is 1. The minimum atomic E-state index is -3.65. The molecule has 0 radical (unpaired) electrons. The Morgan fingerprint density at radius 3 is 1.96 bits per heavy atom. The molecule has 0 heterocycles. The van der Waals surface area contributed by atoms with E-state index < -0.39 is 21.7 Å². The Morgan fingerprint density at radius 2 is 1.52 bits per heavy atom. The third kappa shape index (κ3) is 8.13. The van der Waals surface area contributed by atoms with E-state index in [0.717, 1.165) is 0 Å². The molecular formula is C17H26O5S. The molecule has 1 aromatic rings. The fourth-order valence-corrected chi connectivity index (χ4v) is 2.80. The zero-order valence-electron chi connectivity index (χ0n) is 14.7. The molecule has 0 saturated heterocycles. The summed E-state index contributed by atoms with van der Waals surface area (Å²) < 4.78 is 34.2. The number of ether oxygens (including phenoxy) is 1. The number of rotatable bonds is 5. The molecule has 0 aliphatic rings. The molecule has 1 rings (SSSR count). The van der Waals surface area contributed by atoms with E-state index in [4.69, 9.17) is 8.92 Å². The number of carbonyl (C=O) groups is 1. The van der Waals surface area contributed by atoms with E-state index in [9.17, 15) is 13.2 Å². The van der Waals surface area contributed by atoms with Crippen molar-refractivity contribution in [2.75, 3.05) is 6.61 Å². The Balaban J connectivity index is 2.72. The summed E-state index contributed by atoms with van der Waals surface area (Å²) in [5.41, 5.74) is 0.149. The van der Waals surface area contributed by atoms with Crippen molar-refractivity contribution in [3.8, 4) is 0 Å². The second-order valence-corrected chi connectivity index (χ2v) is 9.36. The molecule has 0 N–H and O–H groups in total. The van der Waals surface area contributed by atoms with Crippen LogP contribution in [0.3, 0.4) is 0 Å². The predicted molar refractivity (Wildman–Crippen MR) is 89.6 cm³/mol. The van der Waals surface area contributed by atoms with E-state index in [-0.39, 0.29) is 17.8 Å². The lowest BCUT2D eigenvalue weighted by Crippen LogP contribution is -2.23. The van der Waals surface area contributed by atoms with Gasteiger partial charge in [-0.1, -0.05) is 32.9 Å². The van der Waals surface area contributed by atoms with Crippen LogP contribution < -0.4 is 0 Å². The first kappa shape index (κ1) is 19.6. The van der Waals surface area contributed by atoms with Gasteiger partial charge < -0.3 is 4.74 Å². The summed E-state index contributed by atoms with van der Waals surface area (Å²) >= 11 is 0. The van der Waals surface area contributed by atoms with Gasteiger partial charge in [0.05, 0.1) is 12.2 Å². The average Bonchev–Trinajstić information content (AvgIpc) is 2.34. The van der Waals surface area contributed by atoms with Crippen LogP contribution in [0.25, 0.3) is 0 Å². The van der Waals surface area contributed by atoms with Crippen LogP contribution in [-0.4, -0.2) is 26.6 Å². The molecule has 0 saturated carbocycles. The van der Waals surface area contributed by atoms with Crippen LogP contribution in [0.2, 0.25) is 0 Å². The molecule has 0 aromatic heterocycles. The van der Waals surface area contributed by atoms with Crippen LogP contribution in [0.5, 0.6) is 0 Å². The maximum atomic E-state index is 11.9. The van der Waals surface area contributed by atoms with E-state index in [1.54, 1.807) is 45.0 Å². The fraction of sp³-hybridized carbons (Fsp3) is 0.588. The highest BCUT2D eigenvalue weighted by Crippen LogP contribution is 2.18. The molecule has 0 atom stereocenters. The van der Waals surface area contributed by atoms with Crippen molar-refractivity contribution in [3.63, 3.8) is 0 Å². The van der Waals surface area contributed by atoms with Crippen LogP contribution in [0.4, 0.5) is 0 Å². The van der Waals surface area contributed by atoms with E-state index in [1.807, 2.05) is 20.8 Å². The molecule has 6 heteroatoms. The molecule has 0 fully saturated rings. The maximum absolute atomic E-state index is 11.9. The van der Waals surface area contributed by atoms with Gasteiger partial charge in [0.1, 0.15) is 11.4 Å². The van der Waals surface area contributed by atoms with Crippen LogP contribution >= 0.6 is 0 Å². The summed E-state index contributed by atoms with van der Waals surface area (Å²) in [5.74, 6) is -0.659. The fourth-order valence-electron chi connectivity index (χ4n) is 1.59. The van der Waals surface area contributed by atoms with Crippen molar-refractivity contribution in [3.05, 3.63) is 35.4 Å². The largest absolute Gasteiger partial charge is 0.456 e. The molecular weight excluding hydrogens is 316 g/mol. The Bertz CT molecular complexity index is 631. The number of carbonyl (C=O) groups excluding carboxylic acids is 1. The van der Waals surface area contributed by atoms with Crippen LogP contribution in [-0.2, 0) is 24.8 Å². The number of hydrogen-bond donors (Lipinski definition) is 0. The topological polar surface area (TPSA) is 69.7 Å². The van der Waals surface area contributed by atoms with Crippen molar-refractivity contribution < 1.29 is 22.1 Å². The van der Waals surface area contributed by atoms with Gasteiger partial charge in [-0.05, 0) is 43.9 Å². The lowest BCUT2D eigenvalue weighted by atomic mass is 9.99. The third-order valence-corrected chi connectivity index (χ3v) is 3.77. The van der Waals surface area contributed by atoms with Crippen LogP contribution in [0, 0.1) is 5.41 Å². The first-order valence-electron chi connectivity index (χ1n) is 7.47. The second kappa shape index (κ2) is 7.01. The van der Waals surface area contributed by atoms with Crippen molar-refractivity contribution >= 4 is 16.1 Å². The standard InChI is InChI=1S/C17H26O5S/c1-16(2,3)12-21-23(19,20)11-13-7-9-14(10-8-13)15(18)22-17(4,5)6/h7-10H,11-12H2,1-6H3. The normalized spacial score (nSPS) is 13.0. The van der Waals surface area contributed by atoms with Gasteiger partial charge in [0, 0.05) is 0 Å². The quantitative estimate of drug-likeness (QED) is 0.605. The Hall–Kier alpha value is -1.40. The predicted octanol–water partition coefficient (Wildman–Crippen LogP) is 3.53. The van der Waals surface area contributed by atoms with Gasteiger partial charge >= 0.3 is 5.97 Å². The summed E-state index contributed by atoms with van der Waals surface area (Å²) in [6.45, 7) is 11.2. The minimum absolute atomic E-state index is 0.130. The van der Waals surface area contributed by atoms with Gasteiger partial charge in [-0.2, -0.15) is 8.42 Å². The summed E-state index contributed by atoms with van der Waals surface area (Å²) in [7, 11) is -3.65. The first-order valence-corrected chi connectivity index (χ1v) is 9.05. The number of esters is 1. The van der Waals surface area contributed by atoms with Crippen LogP contribution in [0.15, 0.2) is 24.3 Å². The highest BCUT2D eigenvalue weighted by Gasteiger charge is 2.20. The number of hydrogen-bond acceptors (Lipinski definition) is 5. The smallest absolute Gasteiger partial charge is 0.338 e. The van der Waals surface area contributed by atoms with Crippen molar-refractivity contribution in [2.45, 2.75) is 52.9 Å². The van der Waals surface area contributed by atoms with E-state index in [0.29, 0.717) is 11.1 Å². The van der Waals surface area contributed by atoms with E-state index in [2.05, 4.69) is 0 Å². The van der Waals surface area contributed by atoms with Crippen molar-refractivity contribution in [1.29, 1.82) is 0 Å². The molecule has 0 aliphatic heterocycles. The van der Waals surface area contributed by atoms with Gasteiger partial charge in [-0.3, -0.25) is 4.18 Å². The molecule has 130 valence electrons. The molecule has 0 bridgehead atoms. The minimum Gasteiger partial charge on any atom is -0.456 e. The Labute approximate surface area is 139 Å². The highest BCUT2D eigenvalue weighted by atomic mass is 32.2. The summed E-state index contributed by atoms with van der Waals surface area (Å²) in [4.78, 5) is 11.9. The van der Waals surface area contributed by atoms with Gasteiger partial charge in [0.25, 0.3) is 10.1 Å². The maximum Gasteiger partial charge on any atom is 0.338 e. The van der Waals surface area contributed by atoms with Gasteiger partial charge in [-0.15, -0.1) is 0 Å². The third-order valence-electron chi connectivity index (χ3n) is 2.60. The molecule has 0 unspecified atom stereocenters. The molecule has 23 heavy (non-hydrogen) atoms. The Morgan fingerprint density at radius 1 is 1.00 bits per heavy atom. The van der Waals surface area contributed by atoms with E-state index >= 15 is 0 Å². The van der Waals surface area contributed by atoms with E-state index in [1.165, 1.54) is 0 Å². The van der Waals surface area contributed by atoms with Gasteiger partial charge in [0.2, 0.25) is 0 Å². The van der Waals surface area contributed by atoms with Crippen molar-refractivity contribution in [1.82, 2.24) is 0 Å². The lowest BCUT2D eigenvalue weighted by molar-refractivity contribution is 0.00695. The molecule has 5 nitrogen and oxygen atoms in total. The molecule has 0 aliphatic carbocycles. The summed E-state index contributed by atoms with van der Waals surface area (Å²) in [6, 6.07) is 6.31. The Kier molecular flexibility index (Phi) is 5.99. The monoisotopic (exact) mass is 342 g/mol. The lowest BCUT2D eigenvalue weighted by Gasteiger charge is -2.19. The zero-order valence-corrected chi connectivity index (χ0v) is 15.5. The van der Waals surface area contributed by atoms with Gasteiger partial charge in [-0.25, -0.2) is 4.79 Å². The summed E-state index contributed by atoms with van der Waals surface area (Å²) in [6.07, 6.45) is 0. The first-order chi connectivity index (χ1) is 10.3. The molecule has 1 aromatic carbocycles. The molecule has 0 amide bonds.